The van der Waals surface area contributed by atoms with Gasteiger partial charge in [-0.25, -0.2) is 0 Å². The molecule has 6 heteroatoms. The Morgan fingerprint density at radius 2 is 2.08 bits per heavy atom. The molecule has 1 aromatic carbocycles. The van der Waals surface area contributed by atoms with Crippen LogP contribution < -0.4 is 5.32 Å². The Morgan fingerprint density at radius 3 is 3.00 bits per heavy atom. The fraction of sp³-hybridized carbons (Fsp3) is 0.500. The first-order valence-electron chi connectivity index (χ1n) is 9.49. The van der Waals surface area contributed by atoms with E-state index in [2.05, 4.69) is 10.3 Å². The third-order valence-corrected chi connectivity index (χ3v) is 5.51. The summed E-state index contributed by atoms with van der Waals surface area (Å²) in [4.78, 5) is 30.2. The zero-order valence-corrected chi connectivity index (χ0v) is 14.9. The molecule has 0 spiro atoms. The molecule has 1 aliphatic carbocycles. The van der Waals surface area contributed by atoms with Crippen molar-refractivity contribution in [2.24, 2.45) is 0 Å². The summed E-state index contributed by atoms with van der Waals surface area (Å²) < 4.78 is 5.83. The Morgan fingerprint density at radius 1 is 1.23 bits per heavy atom. The Bertz CT molecular complexity index is 798. The van der Waals surface area contributed by atoms with Gasteiger partial charge in [-0.1, -0.05) is 31.0 Å². The van der Waals surface area contributed by atoms with Gasteiger partial charge in [-0.2, -0.15) is 0 Å². The van der Waals surface area contributed by atoms with Gasteiger partial charge in [-0.3, -0.25) is 9.59 Å². The molecule has 2 fully saturated rings. The average Bonchev–Trinajstić information content (AvgIpc) is 3.11. The van der Waals surface area contributed by atoms with Gasteiger partial charge in [0.2, 0.25) is 5.91 Å². The molecular formula is C20H25N3O3. The number of benzene rings is 1. The number of aromatic amines is 1. The maximum Gasteiger partial charge on any atom is 0.253 e. The third kappa shape index (κ3) is 3.33. The summed E-state index contributed by atoms with van der Waals surface area (Å²) in [5.41, 5.74) is 1.55. The lowest BCUT2D eigenvalue weighted by Gasteiger charge is -2.43. The number of nitrogens with one attached hydrogen (secondary N) is 2. The fourth-order valence-electron chi connectivity index (χ4n) is 4.19. The number of nitrogens with zero attached hydrogens (tertiary/aromatic N) is 1. The summed E-state index contributed by atoms with van der Waals surface area (Å²) >= 11 is 0. The van der Waals surface area contributed by atoms with Gasteiger partial charge in [-0.05, 0) is 18.9 Å². The number of H-pyrrole nitrogens is 1. The van der Waals surface area contributed by atoms with Crippen molar-refractivity contribution in [3.05, 3.63) is 36.0 Å². The molecule has 2 N–H and O–H groups in total. The molecule has 1 aromatic heterocycles. The molecule has 26 heavy (non-hydrogen) atoms. The van der Waals surface area contributed by atoms with Crippen LogP contribution in [-0.2, 0) is 9.53 Å². The number of carbonyl (C=O) groups is 2. The van der Waals surface area contributed by atoms with Crippen LogP contribution in [0.2, 0.25) is 0 Å². The van der Waals surface area contributed by atoms with Gasteiger partial charge < -0.3 is 19.9 Å². The van der Waals surface area contributed by atoms with Crippen molar-refractivity contribution in [1.29, 1.82) is 0 Å². The van der Waals surface area contributed by atoms with E-state index >= 15 is 0 Å². The normalized spacial score (nSPS) is 22.8. The molecule has 2 heterocycles. The summed E-state index contributed by atoms with van der Waals surface area (Å²) in [6.07, 6.45) is 6.66. The number of ether oxygens (including phenoxy) is 1. The minimum atomic E-state index is -0.146. The van der Waals surface area contributed by atoms with Gasteiger partial charge in [0.15, 0.2) is 0 Å². The number of rotatable bonds is 4. The second-order valence-electron chi connectivity index (χ2n) is 7.10. The Balaban J connectivity index is 1.32. The van der Waals surface area contributed by atoms with Crippen LogP contribution in [0.3, 0.4) is 0 Å². The quantitative estimate of drug-likeness (QED) is 0.885. The monoisotopic (exact) mass is 355 g/mol. The molecule has 6 nitrogen and oxygen atoms in total. The number of fused-ring (bicyclic) bond motifs is 2. The Kier molecular flexibility index (Phi) is 4.93. The van der Waals surface area contributed by atoms with E-state index in [0.717, 1.165) is 30.2 Å². The maximum absolute atomic E-state index is 12.6. The summed E-state index contributed by atoms with van der Waals surface area (Å²) in [6.45, 7) is 1.64. The first-order valence-corrected chi connectivity index (χ1v) is 9.49. The first-order chi connectivity index (χ1) is 12.7. The van der Waals surface area contributed by atoms with E-state index in [1.165, 1.54) is 6.42 Å². The SMILES string of the molecule is O=C(NCCC(=O)N1CCO[C@H]2CCCC[C@@H]21)c1c[nH]c2ccccc12. The molecule has 0 unspecified atom stereocenters. The predicted octanol–water partition coefficient (Wildman–Crippen LogP) is 2.46. The molecule has 4 rings (SSSR count). The van der Waals surface area contributed by atoms with E-state index < -0.39 is 0 Å². The number of para-hydroxylation sites is 1. The highest BCUT2D eigenvalue weighted by Gasteiger charge is 2.36. The van der Waals surface area contributed by atoms with Crippen LogP contribution in [-0.4, -0.2) is 53.5 Å². The van der Waals surface area contributed by atoms with E-state index in [0.29, 0.717) is 31.7 Å². The highest BCUT2D eigenvalue weighted by atomic mass is 16.5. The fourth-order valence-corrected chi connectivity index (χ4v) is 4.19. The average molecular weight is 355 g/mol. The third-order valence-electron chi connectivity index (χ3n) is 5.51. The molecule has 0 radical (unpaired) electrons. The van der Waals surface area contributed by atoms with Gasteiger partial charge in [0.1, 0.15) is 0 Å². The molecule has 1 saturated carbocycles. The second kappa shape index (κ2) is 7.50. The smallest absolute Gasteiger partial charge is 0.253 e. The van der Waals surface area contributed by atoms with Crippen molar-refractivity contribution >= 4 is 22.7 Å². The number of amides is 2. The highest BCUT2D eigenvalue weighted by molar-refractivity contribution is 6.06. The molecule has 1 saturated heterocycles. The number of morpholine rings is 1. The summed E-state index contributed by atoms with van der Waals surface area (Å²) in [5, 5.41) is 3.78. The van der Waals surface area contributed by atoms with Gasteiger partial charge in [-0.15, -0.1) is 0 Å². The van der Waals surface area contributed by atoms with Crippen molar-refractivity contribution in [2.75, 3.05) is 19.7 Å². The molecule has 1 aliphatic heterocycles. The molecular weight excluding hydrogens is 330 g/mol. The van der Waals surface area contributed by atoms with Crippen LogP contribution in [0.5, 0.6) is 0 Å². The largest absolute Gasteiger partial charge is 0.374 e. The van der Waals surface area contributed by atoms with Crippen molar-refractivity contribution in [1.82, 2.24) is 15.2 Å². The zero-order valence-electron chi connectivity index (χ0n) is 14.9. The van der Waals surface area contributed by atoms with Crippen molar-refractivity contribution in [3.63, 3.8) is 0 Å². The van der Waals surface area contributed by atoms with Gasteiger partial charge in [0, 0.05) is 36.6 Å². The number of aromatic nitrogens is 1. The van der Waals surface area contributed by atoms with Crippen LogP contribution >= 0.6 is 0 Å². The van der Waals surface area contributed by atoms with Crippen molar-refractivity contribution < 1.29 is 14.3 Å². The minimum Gasteiger partial charge on any atom is -0.374 e. The molecule has 2 atom stereocenters. The maximum atomic E-state index is 12.6. The molecule has 0 bridgehead atoms. The topological polar surface area (TPSA) is 74.4 Å². The second-order valence-corrected chi connectivity index (χ2v) is 7.10. The lowest BCUT2D eigenvalue weighted by molar-refractivity contribution is -0.149. The van der Waals surface area contributed by atoms with Gasteiger partial charge in [0.05, 0.1) is 24.3 Å². The zero-order chi connectivity index (χ0) is 17.9. The summed E-state index contributed by atoms with van der Waals surface area (Å²) in [7, 11) is 0. The van der Waals surface area contributed by atoms with Crippen LogP contribution in [0.4, 0.5) is 0 Å². The lowest BCUT2D eigenvalue weighted by Crippen LogP contribution is -2.55. The van der Waals surface area contributed by atoms with E-state index in [1.54, 1.807) is 6.20 Å². The number of hydrogen-bond acceptors (Lipinski definition) is 3. The Hall–Kier alpha value is -2.34. The molecule has 2 amide bonds. The van der Waals surface area contributed by atoms with E-state index in [4.69, 9.17) is 4.74 Å². The van der Waals surface area contributed by atoms with Crippen molar-refractivity contribution in [2.45, 2.75) is 44.2 Å². The molecule has 2 aliphatic rings. The first kappa shape index (κ1) is 17.1. The van der Waals surface area contributed by atoms with Crippen LogP contribution in [0, 0.1) is 0 Å². The summed E-state index contributed by atoms with van der Waals surface area (Å²) in [5.74, 6) is -0.0304. The van der Waals surface area contributed by atoms with E-state index in [1.807, 2.05) is 29.2 Å². The number of carbonyl (C=O) groups excluding carboxylic acids is 2. The lowest BCUT2D eigenvalue weighted by atomic mass is 9.90. The number of hydrogen-bond donors (Lipinski definition) is 2. The Labute approximate surface area is 152 Å². The van der Waals surface area contributed by atoms with Gasteiger partial charge >= 0.3 is 0 Å². The predicted molar refractivity (Wildman–Crippen MR) is 99.0 cm³/mol. The van der Waals surface area contributed by atoms with Crippen molar-refractivity contribution in [3.8, 4) is 0 Å². The highest BCUT2D eigenvalue weighted by Crippen LogP contribution is 2.28. The standard InChI is InChI=1S/C20H25N3O3/c24-19(23-11-12-26-18-8-4-3-7-17(18)23)9-10-21-20(25)15-13-22-16-6-2-1-5-14(15)16/h1-2,5-6,13,17-18,22H,3-4,7-12H2,(H,21,25)/t17-,18-/m0/s1. The minimum absolute atomic E-state index is 0.115. The van der Waals surface area contributed by atoms with Crippen LogP contribution in [0.25, 0.3) is 10.9 Å². The molecule has 138 valence electrons. The van der Waals surface area contributed by atoms with Crippen LogP contribution in [0.15, 0.2) is 30.5 Å². The summed E-state index contributed by atoms with van der Waals surface area (Å²) in [6, 6.07) is 7.92. The molecule has 2 aromatic rings. The van der Waals surface area contributed by atoms with E-state index in [-0.39, 0.29) is 24.0 Å². The van der Waals surface area contributed by atoms with Crippen LogP contribution in [0.1, 0.15) is 42.5 Å². The van der Waals surface area contributed by atoms with E-state index in [9.17, 15) is 9.59 Å². The van der Waals surface area contributed by atoms with Gasteiger partial charge in [0.25, 0.3) is 5.91 Å².